The zero-order valence-electron chi connectivity index (χ0n) is 14.6. The molecule has 0 aliphatic heterocycles. The van der Waals surface area contributed by atoms with Crippen LogP contribution in [0.25, 0.3) is 0 Å². The number of hydrogen-bond donors (Lipinski definition) is 2. The first-order chi connectivity index (χ1) is 12.3. The van der Waals surface area contributed by atoms with E-state index in [-0.39, 0.29) is 44.4 Å². The van der Waals surface area contributed by atoms with Gasteiger partial charge >= 0.3 is 23.9 Å². The highest BCUT2D eigenvalue weighted by molar-refractivity contribution is 7.81. The maximum Gasteiger partial charge on any atom is 0.330 e. The minimum absolute atomic E-state index is 0.172. The van der Waals surface area contributed by atoms with E-state index in [9.17, 15) is 19.2 Å². The summed E-state index contributed by atoms with van der Waals surface area (Å²) in [4.78, 5) is 46.0. The molecule has 0 heterocycles. The topological polar surface area (TPSA) is 105 Å². The maximum absolute atomic E-state index is 11.7. The lowest BCUT2D eigenvalue weighted by Gasteiger charge is -2.31. The number of esters is 4. The largest absolute Gasteiger partial charge is 0.465 e. The summed E-state index contributed by atoms with van der Waals surface area (Å²) < 4.78 is 20.3. The van der Waals surface area contributed by atoms with Crippen molar-refractivity contribution in [1.29, 1.82) is 0 Å². The van der Waals surface area contributed by atoms with E-state index >= 15 is 0 Å². The first-order valence-corrected chi connectivity index (χ1v) is 9.06. The Morgan fingerprint density at radius 2 is 1.27 bits per heavy atom. The van der Waals surface area contributed by atoms with Gasteiger partial charge in [-0.2, -0.15) is 25.3 Å². The van der Waals surface area contributed by atoms with Crippen LogP contribution in [-0.2, 0) is 38.1 Å². The second kappa shape index (κ2) is 13.5. The van der Waals surface area contributed by atoms with E-state index in [0.717, 1.165) is 6.08 Å². The second-order valence-electron chi connectivity index (χ2n) is 5.36. The smallest absolute Gasteiger partial charge is 0.330 e. The lowest BCUT2D eigenvalue weighted by Crippen LogP contribution is -2.44. The molecule has 8 nitrogen and oxygen atoms in total. The molecule has 0 spiro atoms. The number of carbonyl (C=O) groups is 4. The van der Waals surface area contributed by atoms with Crippen molar-refractivity contribution >= 4 is 49.1 Å². The van der Waals surface area contributed by atoms with E-state index in [1.54, 1.807) is 0 Å². The van der Waals surface area contributed by atoms with Crippen LogP contribution in [0, 0.1) is 5.41 Å². The molecule has 0 amide bonds. The summed E-state index contributed by atoms with van der Waals surface area (Å²) in [6, 6.07) is 0. The van der Waals surface area contributed by atoms with Crippen LogP contribution in [-0.4, -0.2) is 61.8 Å². The van der Waals surface area contributed by atoms with Crippen LogP contribution in [0.2, 0.25) is 0 Å². The van der Waals surface area contributed by atoms with Crippen molar-refractivity contribution in [3.63, 3.8) is 0 Å². The van der Waals surface area contributed by atoms with Gasteiger partial charge in [0, 0.05) is 12.5 Å². The highest BCUT2D eigenvalue weighted by Crippen LogP contribution is 2.22. The average molecular weight is 408 g/mol. The molecule has 0 rings (SSSR count). The first-order valence-electron chi connectivity index (χ1n) is 7.80. The number of ether oxygens (including phenoxy) is 4. The number of hydrogen-bond acceptors (Lipinski definition) is 10. The highest BCUT2D eigenvalue weighted by atomic mass is 32.1. The van der Waals surface area contributed by atoms with Gasteiger partial charge in [-0.05, 0) is 6.42 Å². The Kier molecular flexibility index (Phi) is 12.6. The lowest BCUT2D eigenvalue weighted by atomic mass is 9.92. The van der Waals surface area contributed by atoms with Gasteiger partial charge in [-0.1, -0.05) is 13.5 Å². The SMILES string of the molecule is C=CC(=O)OCC(COC(=O)CS)(COC(=O)CS)COC(=O)CCC. The molecule has 0 aromatic rings. The van der Waals surface area contributed by atoms with Crippen LogP contribution in [0.5, 0.6) is 0 Å². The molecule has 0 unspecified atom stereocenters. The third-order valence-electron chi connectivity index (χ3n) is 3.02. The molecule has 0 saturated heterocycles. The molecular weight excluding hydrogens is 384 g/mol. The van der Waals surface area contributed by atoms with Gasteiger partial charge in [0.25, 0.3) is 0 Å². The van der Waals surface area contributed by atoms with Gasteiger partial charge in [-0.15, -0.1) is 0 Å². The second-order valence-corrected chi connectivity index (χ2v) is 5.99. The van der Waals surface area contributed by atoms with Crippen molar-refractivity contribution in [3.05, 3.63) is 12.7 Å². The molecule has 0 aromatic heterocycles. The summed E-state index contributed by atoms with van der Waals surface area (Å²) in [7, 11) is 0. The van der Waals surface area contributed by atoms with E-state index in [4.69, 9.17) is 18.9 Å². The fourth-order valence-electron chi connectivity index (χ4n) is 1.60. The molecule has 0 aliphatic rings. The monoisotopic (exact) mass is 408 g/mol. The van der Waals surface area contributed by atoms with Gasteiger partial charge in [0.1, 0.15) is 31.8 Å². The van der Waals surface area contributed by atoms with Gasteiger partial charge in [0.2, 0.25) is 0 Å². The molecule has 0 bridgehead atoms. The van der Waals surface area contributed by atoms with Gasteiger partial charge in [0.15, 0.2) is 0 Å². The summed E-state index contributed by atoms with van der Waals surface area (Å²) in [5.41, 5.74) is -1.26. The number of rotatable bonds is 13. The minimum atomic E-state index is -1.26. The van der Waals surface area contributed by atoms with Gasteiger partial charge in [-0.3, -0.25) is 14.4 Å². The summed E-state index contributed by atoms with van der Waals surface area (Å²) in [6.45, 7) is 3.87. The normalized spacial score (nSPS) is 10.6. The van der Waals surface area contributed by atoms with Crippen molar-refractivity contribution in [2.24, 2.45) is 5.41 Å². The molecule has 0 radical (unpaired) electrons. The number of carbonyl (C=O) groups excluding carboxylic acids is 4. The van der Waals surface area contributed by atoms with Crippen LogP contribution in [0.15, 0.2) is 12.7 Å². The molecule has 0 saturated carbocycles. The summed E-state index contributed by atoms with van der Waals surface area (Å²) in [5.74, 6) is -2.81. The molecule has 0 fully saturated rings. The first kappa shape index (κ1) is 24.3. The van der Waals surface area contributed by atoms with E-state index in [1.807, 2.05) is 6.92 Å². The predicted molar refractivity (Wildman–Crippen MR) is 99.1 cm³/mol. The fourth-order valence-corrected chi connectivity index (χ4v) is 1.78. The van der Waals surface area contributed by atoms with Crippen molar-refractivity contribution in [2.45, 2.75) is 19.8 Å². The van der Waals surface area contributed by atoms with Crippen molar-refractivity contribution < 1.29 is 38.1 Å². The molecule has 0 N–H and O–H groups in total. The minimum Gasteiger partial charge on any atom is -0.465 e. The summed E-state index contributed by atoms with van der Waals surface area (Å²) in [5, 5.41) is 0. The Balaban J connectivity index is 5.29. The fraction of sp³-hybridized carbons (Fsp3) is 0.625. The summed E-state index contributed by atoms with van der Waals surface area (Å²) >= 11 is 7.61. The number of thiol groups is 2. The Morgan fingerprint density at radius 1 is 0.846 bits per heavy atom. The van der Waals surface area contributed by atoms with Crippen LogP contribution in [0.3, 0.4) is 0 Å². The third-order valence-corrected chi connectivity index (χ3v) is 3.53. The average Bonchev–Trinajstić information content (AvgIpc) is 2.65. The van der Waals surface area contributed by atoms with E-state index in [1.165, 1.54) is 0 Å². The van der Waals surface area contributed by atoms with Crippen LogP contribution < -0.4 is 0 Å². The highest BCUT2D eigenvalue weighted by Gasteiger charge is 2.37. The van der Waals surface area contributed by atoms with Gasteiger partial charge in [0.05, 0.1) is 11.5 Å². The van der Waals surface area contributed by atoms with E-state index in [2.05, 4.69) is 31.8 Å². The van der Waals surface area contributed by atoms with Crippen molar-refractivity contribution in [1.82, 2.24) is 0 Å². The lowest BCUT2D eigenvalue weighted by molar-refractivity contribution is -0.167. The van der Waals surface area contributed by atoms with E-state index in [0.29, 0.717) is 6.42 Å². The maximum atomic E-state index is 11.7. The zero-order chi connectivity index (χ0) is 20.0. The van der Waals surface area contributed by atoms with E-state index < -0.39 is 29.3 Å². The summed E-state index contributed by atoms with van der Waals surface area (Å²) in [6.07, 6.45) is 1.73. The molecular formula is C16H24O8S2. The van der Waals surface area contributed by atoms with Gasteiger partial charge in [-0.25, -0.2) is 4.79 Å². The Bertz CT molecular complexity index is 486. The Hall–Kier alpha value is -1.68. The molecule has 148 valence electrons. The standard InChI is InChI=1S/C16H24O8S2/c1-3-5-13(18)22-9-16(8-21-12(17)4-2,10-23-14(19)6-25)11-24-15(20)7-26/h4,25-26H,2-3,5-11H2,1H3. The molecule has 10 heteroatoms. The third kappa shape index (κ3) is 10.3. The van der Waals surface area contributed by atoms with Crippen LogP contribution in [0.4, 0.5) is 0 Å². The molecule has 0 aromatic carbocycles. The molecule has 26 heavy (non-hydrogen) atoms. The van der Waals surface area contributed by atoms with Gasteiger partial charge < -0.3 is 18.9 Å². The van der Waals surface area contributed by atoms with Crippen molar-refractivity contribution in [3.8, 4) is 0 Å². The quantitative estimate of drug-likeness (QED) is 0.201. The van der Waals surface area contributed by atoms with Crippen LogP contribution >= 0.6 is 25.3 Å². The predicted octanol–water partition coefficient (Wildman–Crippen LogP) is 0.991. The Morgan fingerprint density at radius 3 is 1.65 bits per heavy atom. The zero-order valence-corrected chi connectivity index (χ0v) is 16.4. The Labute approximate surface area is 163 Å². The van der Waals surface area contributed by atoms with Crippen LogP contribution in [0.1, 0.15) is 19.8 Å². The molecule has 0 atom stereocenters. The van der Waals surface area contributed by atoms with Crippen molar-refractivity contribution in [2.75, 3.05) is 37.9 Å². The molecule has 0 aliphatic carbocycles.